The van der Waals surface area contributed by atoms with E-state index < -0.39 is 0 Å². The van der Waals surface area contributed by atoms with Crippen molar-refractivity contribution in [3.05, 3.63) is 170 Å². The molecule has 3 aromatic heterocycles. The molecule has 0 radical (unpaired) electrons. The van der Waals surface area contributed by atoms with Gasteiger partial charge in [0.2, 0.25) is 5.89 Å². The minimum absolute atomic E-state index is 0.555. The molecule has 0 aliphatic heterocycles. The Hall–Kier alpha value is -7.44. The summed E-state index contributed by atoms with van der Waals surface area (Å²) in [6.07, 6.45) is 0. The predicted molar refractivity (Wildman–Crippen MR) is 217 cm³/mol. The third-order valence-corrected chi connectivity index (χ3v) is 10.2. The van der Waals surface area contributed by atoms with Crippen molar-refractivity contribution in [3.63, 3.8) is 0 Å². The van der Waals surface area contributed by atoms with Crippen LogP contribution >= 0.6 is 0 Å². The molecule has 0 aliphatic rings. The van der Waals surface area contributed by atoms with Gasteiger partial charge in [-0.2, -0.15) is 0 Å². The smallest absolute Gasteiger partial charge is 0.227 e. The molecule has 11 aromatic rings. The maximum Gasteiger partial charge on any atom is 0.227 e. The molecule has 0 spiro atoms. The number of oxazole rings is 1. The van der Waals surface area contributed by atoms with Gasteiger partial charge in [0.1, 0.15) is 16.7 Å². The van der Waals surface area contributed by atoms with Crippen LogP contribution in [0.4, 0.5) is 0 Å². The number of hydrogen-bond acceptors (Lipinski definition) is 6. The zero-order valence-electron chi connectivity index (χ0n) is 28.8. The van der Waals surface area contributed by atoms with E-state index in [9.17, 15) is 0 Å². The molecule has 6 nitrogen and oxygen atoms in total. The van der Waals surface area contributed by atoms with E-state index in [1.165, 1.54) is 27.1 Å². The summed E-state index contributed by atoms with van der Waals surface area (Å²) in [5, 5.41) is 6.73. The molecule has 11 rings (SSSR count). The van der Waals surface area contributed by atoms with Crippen LogP contribution in [0.15, 0.2) is 179 Å². The van der Waals surface area contributed by atoms with Gasteiger partial charge >= 0.3 is 0 Å². The first kappa shape index (κ1) is 30.2. The number of nitrogens with zero attached hydrogens (tertiary/aromatic N) is 4. The highest BCUT2D eigenvalue weighted by atomic mass is 16.4. The van der Waals surface area contributed by atoms with Crippen LogP contribution in [0.1, 0.15) is 0 Å². The molecule has 0 aliphatic carbocycles. The Labute approximate surface area is 309 Å². The maximum absolute atomic E-state index is 6.43. The zero-order chi connectivity index (χ0) is 35.6. The summed E-state index contributed by atoms with van der Waals surface area (Å²) in [6.45, 7) is 0. The number of fused-ring (bicyclic) bond motifs is 7. The molecule has 54 heavy (non-hydrogen) atoms. The summed E-state index contributed by atoms with van der Waals surface area (Å²) in [5.74, 6) is 2.30. The Morgan fingerprint density at radius 2 is 0.963 bits per heavy atom. The van der Waals surface area contributed by atoms with E-state index in [4.69, 9.17) is 28.8 Å². The highest BCUT2D eigenvalue weighted by Gasteiger charge is 2.20. The lowest BCUT2D eigenvalue weighted by atomic mass is 9.93. The van der Waals surface area contributed by atoms with Gasteiger partial charge in [0.15, 0.2) is 23.1 Å². The fourth-order valence-corrected chi connectivity index (χ4v) is 7.57. The third-order valence-electron chi connectivity index (χ3n) is 10.2. The van der Waals surface area contributed by atoms with Crippen molar-refractivity contribution >= 4 is 54.6 Å². The second-order valence-electron chi connectivity index (χ2n) is 13.4. The van der Waals surface area contributed by atoms with Crippen molar-refractivity contribution < 1.29 is 8.83 Å². The second kappa shape index (κ2) is 12.1. The molecule has 0 atom stereocenters. The zero-order valence-corrected chi connectivity index (χ0v) is 28.8. The van der Waals surface area contributed by atoms with Crippen molar-refractivity contribution in [3.8, 4) is 56.7 Å². The summed E-state index contributed by atoms with van der Waals surface area (Å²) < 4.78 is 12.7. The molecule has 0 bridgehead atoms. The van der Waals surface area contributed by atoms with Gasteiger partial charge in [0.05, 0.1) is 0 Å². The monoisotopic (exact) mass is 692 g/mol. The quantitative estimate of drug-likeness (QED) is 0.167. The van der Waals surface area contributed by atoms with Crippen LogP contribution in [-0.2, 0) is 0 Å². The summed E-state index contributed by atoms with van der Waals surface area (Å²) in [5.41, 5.74) is 8.73. The van der Waals surface area contributed by atoms with Crippen LogP contribution in [0.2, 0.25) is 0 Å². The lowest BCUT2D eigenvalue weighted by molar-refractivity contribution is 0.620. The molecule has 0 N–H and O–H groups in total. The van der Waals surface area contributed by atoms with Gasteiger partial charge < -0.3 is 8.83 Å². The molecule has 0 fully saturated rings. The Bertz CT molecular complexity index is 3200. The molecule has 6 heteroatoms. The van der Waals surface area contributed by atoms with Gasteiger partial charge in [0.25, 0.3) is 0 Å². The van der Waals surface area contributed by atoms with Crippen LogP contribution in [0.5, 0.6) is 0 Å². The van der Waals surface area contributed by atoms with Crippen LogP contribution in [0.25, 0.3) is 111 Å². The van der Waals surface area contributed by atoms with Gasteiger partial charge in [-0.25, -0.2) is 19.9 Å². The molecule has 8 aromatic carbocycles. The van der Waals surface area contributed by atoms with E-state index in [-0.39, 0.29) is 0 Å². The molecular weight excluding hydrogens is 665 g/mol. The largest absolute Gasteiger partial charge is 0.456 e. The first-order valence-corrected chi connectivity index (χ1v) is 17.9. The Morgan fingerprint density at radius 3 is 1.74 bits per heavy atom. The Kier molecular flexibility index (Phi) is 6.75. The second-order valence-corrected chi connectivity index (χ2v) is 13.4. The number of hydrogen-bond donors (Lipinski definition) is 0. The van der Waals surface area contributed by atoms with Gasteiger partial charge in [0, 0.05) is 39.1 Å². The van der Waals surface area contributed by atoms with Crippen molar-refractivity contribution in [1.82, 2.24) is 19.9 Å². The number of rotatable bonds is 5. The van der Waals surface area contributed by atoms with Crippen LogP contribution in [0.3, 0.4) is 0 Å². The molecule has 0 saturated heterocycles. The van der Waals surface area contributed by atoms with E-state index in [1.54, 1.807) is 0 Å². The Morgan fingerprint density at radius 1 is 0.333 bits per heavy atom. The van der Waals surface area contributed by atoms with Crippen molar-refractivity contribution in [1.29, 1.82) is 0 Å². The fraction of sp³-hybridized carbons (Fsp3) is 0. The van der Waals surface area contributed by atoms with E-state index in [0.29, 0.717) is 34.5 Å². The van der Waals surface area contributed by atoms with Crippen LogP contribution in [0, 0.1) is 0 Å². The lowest BCUT2D eigenvalue weighted by Gasteiger charge is -2.12. The topological polar surface area (TPSA) is 77.8 Å². The predicted octanol–water partition coefficient (Wildman–Crippen LogP) is 12.6. The van der Waals surface area contributed by atoms with Gasteiger partial charge in [-0.15, -0.1) is 0 Å². The van der Waals surface area contributed by atoms with E-state index in [1.807, 2.05) is 91.0 Å². The Balaban J connectivity index is 1.06. The minimum Gasteiger partial charge on any atom is -0.456 e. The molecule has 0 amide bonds. The van der Waals surface area contributed by atoms with E-state index >= 15 is 0 Å². The molecular formula is C48H28N4O2. The van der Waals surface area contributed by atoms with E-state index in [0.717, 1.165) is 49.7 Å². The van der Waals surface area contributed by atoms with Crippen molar-refractivity contribution in [2.24, 2.45) is 0 Å². The van der Waals surface area contributed by atoms with Crippen LogP contribution < -0.4 is 0 Å². The molecule has 0 saturated carbocycles. The minimum atomic E-state index is 0.555. The highest BCUT2D eigenvalue weighted by Crippen LogP contribution is 2.40. The van der Waals surface area contributed by atoms with Gasteiger partial charge in [-0.1, -0.05) is 133 Å². The average molecular weight is 693 g/mol. The first-order chi connectivity index (χ1) is 26.7. The SMILES string of the molecule is c1ccc(-c2nc(-c3ccc(-c4cc5ccccc5c5ccccc45)cc3)nc(-c3cccc4oc5cc6nc(-c7ccccc7)oc6cc5c34)n2)cc1. The molecule has 3 heterocycles. The normalized spacial score (nSPS) is 11.7. The van der Waals surface area contributed by atoms with Crippen molar-refractivity contribution in [2.45, 2.75) is 0 Å². The molecule has 0 unspecified atom stereocenters. The molecule has 252 valence electrons. The summed E-state index contributed by atoms with van der Waals surface area (Å²) in [4.78, 5) is 20.0. The van der Waals surface area contributed by atoms with Gasteiger partial charge in [-0.3, -0.25) is 0 Å². The third kappa shape index (κ3) is 4.96. The maximum atomic E-state index is 6.43. The number of furan rings is 1. The first-order valence-electron chi connectivity index (χ1n) is 17.9. The van der Waals surface area contributed by atoms with Gasteiger partial charge in [-0.05, 0) is 63.0 Å². The summed E-state index contributed by atoms with van der Waals surface area (Å²) in [7, 11) is 0. The number of aromatic nitrogens is 4. The number of benzene rings is 8. The summed E-state index contributed by atoms with van der Waals surface area (Å²) in [6, 6.07) is 57.9. The van der Waals surface area contributed by atoms with Crippen LogP contribution in [-0.4, -0.2) is 19.9 Å². The fourth-order valence-electron chi connectivity index (χ4n) is 7.57. The van der Waals surface area contributed by atoms with Crippen molar-refractivity contribution in [2.75, 3.05) is 0 Å². The summed E-state index contributed by atoms with van der Waals surface area (Å²) >= 11 is 0. The average Bonchev–Trinajstić information content (AvgIpc) is 3.83. The highest BCUT2D eigenvalue weighted by molar-refractivity contribution is 6.15. The standard InChI is InChI=1S/C48H28N4O2/c1-3-12-30(13-4-1)45-50-46(31-24-22-29(23-25-31)38-26-33-16-7-8-17-34(33)35-18-9-10-19-36(35)38)52-47(51-45)37-20-11-21-41-44(37)39-27-43-40(28-42(39)53-41)49-48(54-43)32-14-5-2-6-15-32/h1-28H. The van der Waals surface area contributed by atoms with E-state index in [2.05, 4.69) is 78.9 Å². The lowest BCUT2D eigenvalue weighted by Crippen LogP contribution is -2.00.